The molecule has 3 fully saturated rings. The Morgan fingerprint density at radius 1 is 1.19 bits per heavy atom. The zero-order chi connectivity index (χ0) is 20.7. The lowest BCUT2D eigenvalue weighted by molar-refractivity contribution is 0.0856. The molecule has 3 aliphatic rings. The van der Waals surface area contributed by atoms with Crippen molar-refractivity contribution in [3.05, 3.63) is 36.2 Å². The lowest BCUT2D eigenvalue weighted by Crippen LogP contribution is -2.52. The van der Waals surface area contributed by atoms with E-state index < -0.39 is 0 Å². The molecule has 9 nitrogen and oxygen atoms in total. The van der Waals surface area contributed by atoms with Crippen LogP contribution in [0.1, 0.15) is 43.0 Å². The minimum absolute atomic E-state index is 0.322. The van der Waals surface area contributed by atoms with Gasteiger partial charge >= 0.3 is 0 Å². The zero-order valence-electron chi connectivity index (χ0n) is 17.6. The van der Waals surface area contributed by atoms with Gasteiger partial charge in [-0.05, 0) is 43.2 Å². The van der Waals surface area contributed by atoms with E-state index in [9.17, 15) is 0 Å². The van der Waals surface area contributed by atoms with Crippen LogP contribution in [0.25, 0.3) is 11.0 Å². The van der Waals surface area contributed by atoms with Crippen molar-refractivity contribution in [1.29, 1.82) is 0 Å². The van der Waals surface area contributed by atoms with Crippen molar-refractivity contribution in [2.24, 2.45) is 0 Å². The highest BCUT2D eigenvalue weighted by Crippen LogP contribution is 2.38. The van der Waals surface area contributed by atoms with Crippen LogP contribution in [-0.4, -0.2) is 63.3 Å². The van der Waals surface area contributed by atoms with E-state index in [-0.39, 0.29) is 0 Å². The predicted octanol–water partition coefficient (Wildman–Crippen LogP) is 2.20. The second-order valence-electron chi connectivity index (χ2n) is 8.89. The van der Waals surface area contributed by atoms with Gasteiger partial charge in [0.1, 0.15) is 29.4 Å². The molecule has 9 heteroatoms. The van der Waals surface area contributed by atoms with E-state index in [0.29, 0.717) is 18.0 Å². The molecule has 3 aromatic heterocycles. The number of aromatic amines is 1. The molecule has 0 radical (unpaired) electrons. The maximum atomic E-state index is 5.54. The summed E-state index contributed by atoms with van der Waals surface area (Å²) in [6.07, 6.45) is 10.1. The summed E-state index contributed by atoms with van der Waals surface area (Å²) in [5.74, 6) is 3.09. The molecule has 3 aromatic rings. The smallest absolute Gasteiger partial charge is 0.149 e. The van der Waals surface area contributed by atoms with Gasteiger partial charge in [0.25, 0.3) is 0 Å². The summed E-state index contributed by atoms with van der Waals surface area (Å²) in [6.45, 7) is 5.16. The van der Waals surface area contributed by atoms with Crippen molar-refractivity contribution >= 4 is 22.7 Å². The summed E-state index contributed by atoms with van der Waals surface area (Å²) in [5, 5.41) is 8.20. The molecule has 0 aromatic carbocycles. The van der Waals surface area contributed by atoms with E-state index in [1.54, 1.807) is 6.33 Å². The van der Waals surface area contributed by atoms with Gasteiger partial charge in [-0.25, -0.2) is 19.9 Å². The van der Waals surface area contributed by atoms with Crippen molar-refractivity contribution < 1.29 is 4.74 Å². The summed E-state index contributed by atoms with van der Waals surface area (Å²) >= 11 is 0. The Balaban J connectivity index is 1.21. The molecule has 2 aliphatic heterocycles. The lowest BCUT2D eigenvalue weighted by Gasteiger charge is -2.34. The number of fused-ring (bicyclic) bond motifs is 1. The molecule has 2 saturated heterocycles. The van der Waals surface area contributed by atoms with Gasteiger partial charge in [-0.2, -0.15) is 0 Å². The third-order valence-corrected chi connectivity index (χ3v) is 6.82. The van der Waals surface area contributed by atoms with E-state index in [0.717, 1.165) is 74.2 Å². The van der Waals surface area contributed by atoms with Gasteiger partial charge < -0.3 is 25.3 Å². The first-order chi connectivity index (χ1) is 15.3. The molecule has 0 unspecified atom stereocenters. The summed E-state index contributed by atoms with van der Waals surface area (Å²) < 4.78 is 5.54. The minimum atomic E-state index is 0.322. The molecule has 0 amide bonds. The van der Waals surface area contributed by atoms with Crippen LogP contribution in [0.5, 0.6) is 0 Å². The molecule has 1 aliphatic carbocycles. The number of piperazine rings is 1. The van der Waals surface area contributed by atoms with Gasteiger partial charge in [0, 0.05) is 50.8 Å². The van der Waals surface area contributed by atoms with Crippen molar-refractivity contribution in [3.8, 4) is 0 Å². The van der Waals surface area contributed by atoms with Crippen molar-refractivity contribution in [3.63, 3.8) is 0 Å². The molecule has 31 heavy (non-hydrogen) atoms. The largest absolute Gasteiger partial charge is 0.381 e. The van der Waals surface area contributed by atoms with Crippen LogP contribution in [0.15, 0.2) is 24.8 Å². The van der Waals surface area contributed by atoms with Crippen LogP contribution >= 0.6 is 0 Å². The molecule has 5 heterocycles. The number of ether oxygens (including phenoxy) is 1. The number of rotatable bonds is 5. The normalized spacial score (nSPS) is 21.0. The van der Waals surface area contributed by atoms with E-state index in [1.165, 1.54) is 18.4 Å². The van der Waals surface area contributed by atoms with Gasteiger partial charge in [-0.1, -0.05) is 0 Å². The highest BCUT2D eigenvalue weighted by molar-refractivity contribution is 5.90. The molecular formula is C22H28N8O. The number of hydrogen-bond donors (Lipinski definition) is 3. The quantitative estimate of drug-likeness (QED) is 0.577. The Kier molecular flexibility index (Phi) is 4.72. The average molecular weight is 421 g/mol. The molecular weight excluding hydrogens is 392 g/mol. The summed E-state index contributed by atoms with van der Waals surface area (Å²) in [5.41, 5.74) is 2.46. The van der Waals surface area contributed by atoms with E-state index >= 15 is 0 Å². The highest BCUT2D eigenvalue weighted by atomic mass is 16.5. The minimum Gasteiger partial charge on any atom is -0.381 e. The summed E-state index contributed by atoms with van der Waals surface area (Å²) in [7, 11) is 0. The van der Waals surface area contributed by atoms with Crippen LogP contribution in [0, 0.1) is 0 Å². The second-order valence-corrected chi connectivity index (χ2v) is 8.89. The fraction of sp³-hybridized carbons (Fsp3) is 0.545. The fourth-order valence-electron chi connectivity index (χ4n) is 4.90. The number of anilines is 2. The first-order valence-electron chi connectivity index (χ1n) is 11.3. The van der Waals surface area contributed by atoms with E-state index in [4.69, 9.17) is 9.72 Å². The Hall–Kier alpha value is -2.78. The standard InChI is InChI=1S/C22H28N8O/c1-6-23-17(29-18(1)30-8-7-28-22(13-30)4-5-22)12-25-21-19-16(15-2-9-31-10-3-15)11-24-20(19)26-14-27-21/h1,6,11,14-15,28H,2-5,7-10,12-13H2,(H2,24,25,26,27). The van der Waals surface area contributed by atoms with Crippen LogP contribution in [0.4, 0.5) is 11.6 Å². The molecule has 0 atom stereocenters. The van der Waals surface area contributed by atoms with Crippen LogP contribution in [0.2, 0.25) is 0 Å². The average Bonchev–Trinajstić information content (AvgIpc) is 3.41. The SMILES string of the molecule is c1cc(N2CCNC3(CC3)C2)nc(CNc2ncnc3[nH]cc(C4CCOCC4)c23)n1. The van der Waals surface area contributed by atoms with Gasteiger partial charge in [0.2, 0.25) is 0 Å². The number of nitrogens with one attached hydrogen (secondary N) is 3. The summed E-state index contributed by atoms with van der Waals surface area (Å²) in [4.78, 5) is 24.0. The lowest BCUT2D eigenvalue weighted by atomic mass is 9.92. The first-order valence-corrected chi connectivity index (χ1v) is 11.3. The number of aromatic nitrogens is 5. The number of nitrogens with zero attached hydrogens (tertiary/aromatic N) is 5. The van der Waals surface area contributed by atoms with Crippen LogP contribution < -0.4 is 15.5 Å². The molecule has 0 bridgehead atoms. The number of hydrogen-bond acceptors (Lipinski definition) is 8. The highest BCUT2D eigenvalue weighted by Gasteiger charge is 2.45. The zero-order valence-corrected chi connectivity index (χ0v) is 17.6. The Morgan fingerprint density at radius 3 is 2.97 bits per heavy atom. The molecule has 6 rings (SSSR count). The maximum Gasteiger partial charge on any atom is 0.149 e. The van der Waals surface area contributed by atoms with Gasteiger partial charge in [0.15, 0.2) is 0 Å². The third kappa shape index (κ3) is 3.72. The predicted molar refractivity (Wildman–Crippen MR) is 118 cm³/mol. The Bertz CT molecular complexity index is 1070. The van der Waals surface area contributed by atoms with Gasteiger partial charge in [-0.15, -0.1) is 0 Å². The van der Waals surface area contributed by atoms with Crippen molar-refractivity contribution in [1.82, 2.24) is 30.2 Å². The van der Waals surface area contributed by atoms with Crippen LogP contribution in [0.3, 0.4) is 0 Å². The molecule has 3 N–H and O–H groups in total. The maximum absolute atomic E-state index is 5.54. The van der Waals surface area contributed by atoms with E-state index in [1.807, 2.05) is 12.3 Å². The molecule has 1 spiro atoms. The van der Waals surface area contributed by atoms with Crippen molar-refractivity contribution in [2.45, 2.75) is 43.7 Å². The van der Waals surface area contributed by atoms with Gasteiger partial charge in [0.05, 0.1) is 11.9 Å². The first kappa shape index (κ1) is 18.9. The number of H-pyrrole nitrogens is 1. The second kappa shape index (κ2) is 7.72. The van der Waals surface area contributed by atoms with Crippen LogP contribution in [-0.2, 0) is 11.3 Å². The molecule has 1 saturated carbocycles. The third-order valence-electron chi connectivity index (χ3n) is 6.82. The van der Waals surface area contributed by atoms with Crippen molar-refractivity contribution in [2.75, 3.05) is 43.1 Å². The monoisotopic (exact) mass is 420 g/mol. The topological polar surface area (TPSA) is 104 Å². The fourth-order valence-corrected chi connectivity index (χ4v) is 4.90. The Labute approximate surface area is 181 Å². The van der Waals surface area contributed by atoms with E-state index in [2.05, 4.69) is 41.7 Å². The Morgan fingerprint density at radius 2 is 2.10 bits per heavy atom. The summed E-state index contributed by atoms with van der Waals surface area (Å²) in [6, 6.07) is 2.02. The van der Waals surface area contributed by atoms with Gasteiger partial charge in [-0.3, -0.25) is 0 Å². The molecule has 162 valence electrons.